The number of pyridine rings is 2. The van der Waals surface area contributed by atoms with Crippen LogP contribution in [0.25, 0.3) is 33.3 Å². The maximum atomic E-state index is 13.4. The summed E-state index contributed by atoms with van der Waals surface area (Å²) in [7, 11) is 0. The molecule has 1 saturated heterocycles. The van der Waals surface area contributed by atoms with Crippen LogP contribution >= 0.6 is 0 Å². The minimum Gasteiger partial charge on any atom is -0.351 e. The number of H-pyrrole nitrogens is 1. The predicted octanol–water partition coefficient (Wildman–Crippen LogP) is 4.65. The van der Waals surface area contributed by atoms with Gasteiger partial charge in [0.2, 0.25) is 0 Å². The molecule has 34 heavy (non-hydrogen) atoms. The van der Waals surface area contributed by atoms with Crippen LogP contribution in [-0.4, -0.2) is 50.6 Å². The number of nitrogens with zero attached hydrogens (tertiary/aromatic N) is 5. The highest BCUT2D eigenvalue weighted by molar-refractivity contribution is 5.97. The largest absolute Gasteiger partial charge is 0.431 e. The number of piperazine rings is 1. The van der Waals surface area contributed by atoms with Crippen LogP contribution < -0.4 is 10.2 Å². The van der Waals surface area contributed by atoms with Gasteiger partial charge >= 0.3 is 6.18 Å². The number of nitrogens with one attached hydrogen (secondary N) is 2. The van der Waals surface area contributed by atoms with Crippen molar-refractivity contribution in [2.75, 3.05) is 24.5 Å². The molecule has 2 fully saturated rings. The number of hydrogen-bond acceptors (Lipinski definition) is 6. The zero-order valence-corrected chi connectivity index (χ0v) is 18.7. The van der Waals surface area contributed by atoms with Crippen LogP contribution in [0, 0.1) is 0 Å². The van der Waals surface area contributed by atoms with Crippen molar-refractivity contribution in [3.05, 3.63) is 42.0 Å². The molecule has 0 radical (unpaired) electrons. The third-order valence-electron chi connectivity index (χ3n) is 7.01. The lowest BCUT2D eigenvalue weighted by Crippen LogP contribution is -2.50. The molecule has 10 heteroatoms. The molecule has 1 saturated carbocycles. The Morgan fingerprint density at radius 2 is 2.00 bits per heavy atom. The summed E-state index contributed by atoms with van der Waals surface area (Å²) in [6.45, 7) is 4.60. The Hall–Kier alpha value is -3.27. The van der Waals surface area contributed by atoms with Crippen LogP contribution in [-0.2, 0) is 6.18 Å². The molecule has 0 amide bonds. The Morgan fingerprint density at radius 1 is 1.15 bits per heavy atom. The van der Waals surface area contributed by atoms with E-state index in [4.69, 9.17) is 9.97 Å². The molecule has 7 nitrogen and oxygen atoms in total. The maximum absolute atomic E-state index is 13.4. The standard InChI is InChI=1S/C24H24F3N7/c1-13-10-28-7-8-34(13)23-20-17(14-3-2-4-14)11-29-12-18(20)31-22(33-23)15-5-6-30-21-16(15)9-19(32-21)24(25,26)27/h5-6,9,11-14,28H,2-4,7-8,10H2,1H3,(H,30,32). The fourth-order valence-corrected chi connectivity index (χ4v) is 4.98. The van der Waals surface area contributed by atoms with E-state index in [1.54, 1.807) is 12.3 Å². The van der Waals surface area contributed by atoms with Crippen molar-refractivity contribution >= 4 is 27.8 Å². The molecule has 0 spiro atoms. The van der Waals surface area contributed by atoms with Gasteiger partial charge in [-0.15, -0.1) is 0 Å². The lowest BCUT2D eigenvalue weighted by Gasteiger charge is -2.36. The number of rotatable bonds is 3. The van der Waals surface area contributed by atoms with Crippen LogP contribution in [0.15, 0.2) is 30.7 Å². The van der Waals surface area contributed by atoms with Crippen LogP contribution in [0.5, 0.6) is 0 Å². The summed E-state index contributed by atoms with van der Waals surface area (Å²) in [4.78, 5) is 23.0. The van der Waals surface area contributed by atoms with Crippen molar-refractivity contribution in [3.8, 4) is 11.4 Å². The van der Waals surface area contributed by atoms with Crippen LogP contribution in [0.2, 0.25) is 0 Å². The molecule has 0 bridgehead atoms. The van der Waals surface area contributed by atoms with E-state index in [0.29, 0.717) is 28.2 Å². The van der Waals surface area contributed by atoms with E-state index >= 15 is 0 Å². The van der Waals surface area contributed by atoms with E-state index in [-0.39, 0.29) is 11.7 Å². The van der Waals surface area contributed by atoms with E-state index in [9.17, 15) is 13.2 Å². The quantitative estimate of drug-likeness (QED) is 0.456. The van der Waals surface area contributed by atoms with E-state index in [1.165, 1.54) is 12.6 Å². The molecule has 1 aliphatic heterocycles. The highest BCUT2D eigenvalue weighted by Crippen LogP contribution is 2.42. The molecule has 0 aromatic carbocycles. The van der Waals surface area contributed by atoms with Gasteiger partial charge in [0.05, 0.1) is 11.7 Å². The molecule has 1 unspecified atom stereocenters. The topological polar surface area (TPSA) is 82.6 Å². The molecule has 1 aliphatic carbocycles. The minimum atomic E-state index is -4.49. The smallest absolute Gasteiger partial charge is 0.351 e. The second kappa shape index (κ2) is 7.90. The van der Waals surface area contributed by atoms with Gasteiger partial charge in [-0.3, -0.25) is 4.98 Å². The Labute approximate surface area is 193 Å². The maximum Gasteiger partial charge on any atom is 0.431 e. The van der Waals surface area contributed by atoms with Gasteiger partial charge in [-0.25, -0.2) is 15.0 Å². The highest BCUT2D eigenvalue weighted by atomic mass is 19.4. The van der Waals surface area contributed by atoms with Crippen LogP contribution in [0.4, 0.5) is 19.0 Å². The average molecular weight is 467 g/mol. The summed E-state index contributed by atoms with van der Waals surface area (Å²) >= 11 is 0. The molecule has 1 atom stereocenters. The van der Waals surface area contributed by atoms with Crippen LogP contribution in [0.1, 0.15) is 43.4 Å². The van der Waals surface area contributed by atoms with Gasteiger partial charge in [-0.2, -0.15) is 13.2 Å². The first-order valence-electron chi connectivity index (χ1n) is 11.6. The molecular formula is C24H24F3N7. The number of fused-ring (bicyclic) bond motifs is 2. The van der Waals surface area contributed by atoms with Gasteiger partial charge in [0.25, 0.3) is 0 Å². The molecule has 5 heterocycles. The van der Waals surface area contributed by atoms with E-state index in [1.807, 2.05) is 6.20 Å². The van der Waals surface area contributed by atoms with Crippen molar-refractivity contribution in [3.63, 3.8) is 0 Å². The van der Waals surface area contributed by atoms with Gasteiger partial charge < -0.3 is 15.2 Å². The highest BCUT2D eigenvalue weighted by Gasteiger charge is 2.34. The molecule has 4 aromatic heterocycles. The van der Waals surface area contributed by atoms with E-state index in [2.05, 4.69) is 32.1 Å². The molecular weight excluding hydrogens is 443 g/mol. The number of hydrogen-bond donors (Lipinski definition) is 2. The third kappa shape index (κ3) is 3.48. The SMILES string of the molecule is CC1CNCCN1c1nc(-c2ccnc3[nH]c(C(F)(F)F)cc23)nc2cncc(C3CCC3)c12. The van der Waals surface area contributed by atoms with Gasteiger partial charge in [0.15, 0.2) is 5.82 Å². The number of aromatic nitrogens is 5. The predicted molar refractivity (Wildman–Crippen MR) is 124 cm³/mol. The molecule has 4 aromatic rings. The third-order valence-corrected chi connectivity index (χ3v) is 7.01. The zero-order chi connectivity index (χ0) is 23.4. The number of anilines is 1. The first-order chi connectivity index (χ1) is 16.4. The van der Waals surface area contributed by atoms with E-state index < -0.39 is 11.9 Å². The normalized spacial score (nSPS) is 19.6. The summed E-state index contributed by atoms with van der Waals surface area (Å²) < 4.78 is 40.1. The molecule has 6 rings (SSSR count). The monoisotopic (exact) mass is 467 g/mol. The number of halogens is 3. The summed E-state index contributed by atoms with van der Waals surface area (Å²) in [5.74, 6) is 1.64. The molecule has 2 N–H and O–H groups in total. The van der Waals surface area contributed by atoms with Gasteiger partial charge in [-0.1, -0.05) is 6.42 Å². The van der Waals surface area contributed by atoms with Crippen molar-refractivity contribution in [1.82, 2.24) is 30.2 Å². The number of alkyl halides is 3. The Balaban J connectivity index is 1.59. The first kappa shape index (κ1) is 21.3. The lowest BCUT2D eigenvalue weighted by atomic mass is 9.79. The van der Waals surface area contributed by atoms with Crippen molar-refractivity contribution < 1.29 is 13.2 Å². The fraction of sp³-hybridized carbons (Fsp3) is 0.417. The average Bonchev–Trinajstić information content (AvgIpc) is 3.23. The van der Waals surface area contributed by atoms with Gasteiger partial charge in [-0.05, 0) is 43.4 Å². The summed E-state index contributed by atoms with van der Waals surface area (Å²) in [5.41, 5.74) is 1.71. The molecule has 2 aliphatic rings. The fourth-order valence-electron chi connectivity index (χ4n) is 4.98. The second-order valence-corrected chi connectivity index (χ2v) is 9.17. The first-order valence-corrected chi connectivity index (χ1v) is 11.6. The van der Waals surface area contributed by atoms with Gasteiger partial charge in [0, 0.05) is 54.4 Å². The Kier molecular flexibility index (Phi) is 4.94. The van der Waals surface area contributed by atoms with Crippen molar-refractivity contribution in [1.29, 1.82) is 0 Å². The summed E-state index contributed by atoms with van der Waals surface area (Å²) in [6.07, 6.45) is 4.08. The van der Waals surface area contributed by atoms with Crippen LogP contribution in [0.3, 0.4) is 0 Å². The summed E-state index contributed by atoms with van der Waals surface area (Å²) in [5, 5.41) is 4.76. The second-order valence-electron chi connectivity index (χ2n) is 9.17. The Morgan fingerprint density at radius 3 is 2.74 bits per heavy atom. The van der Waals surface area contributed by atoms with Gasteiger partial charge in [0.1, 0.15) is 17.2 Å². The van der Waals surface area contributed by atoms with E-state index in [0.717, 1.165) is 55.3 Å². The minimum absolute atomic E-state index is 0.159. The lowest BCUT2D eigenvalue weighted by molar-refractivity contribution is -0.140. The van der Waals surface area contributed by atoms with Crippen molar-refractivity contribution in [2.45, 2.75) is 44.3 Å². The zero-order valence-electron chi connectivity index (χ0n) is 18.7. The molecule has 176 valence electrons. The number of aromatic amines is 1. The summed E-state index contributed by atoms with van der Waals surface area (Å²) in [6, 6.07) is 2.97. The van der Waals surface area contributed by atoms with Crippen molar-refractivity contribution in [2.24, 2.45) is 0 Å². The Bertz CT molecular complexity index is 1380.